The molecular weight excluding hydrogens is 236 g/mol. The first kappa shape index (κ1) is 13.1. The van der Waals surface area contributed by atoms with Gasteiger partial charge in [-0.25, -0.2) is 0 Å². The van der Waals surface area contributed by atoms with E-state index in [-0.39, 0.29) is 5.56 Å². The first-order valence-corrected chi connectivity index (χ1v) is 6.14. The maximum Gasteiger partial charge on any atom is 0.251 e. The van der Waals surface area contributed by atoms with Crippen LogP contribution in [0.2, 0.25) is 0 Å². The van der Waals surface area contributed by atoms with Crippen LogP contribution in [-0.4, -0.2) is 11.1 Å². The lowest BCUT2D eigenvalue weighted by atomic mass is 10.1. The van der Waals surface area contributed by atoms with Crippen LogP contribution in [0.3, 0.4) is 0 Å². The third-order valence-corrected chi connectivity index (χ3v) is 2.77. The Labute approximate surface area is 112 Å². The Hall–Kier alpha value is -2.31. The number of pyridine rings is 1. The summed E-state index contributed by atoms with van der Waals surface area (Å²) in [5, 5.41) is 0. The molecule has 2 rings (SSSR count). The molecule has 0 fully saturated rings. The van der Waals surface area contributed by atoms with Crippen LogP contribution in [0.1, 0.15) is 16.7 Å². The molecule has 0 aliphatic carbocycles. The lowest BCUT2D eigenvalue weighted by molar-refractivity contribution is 0.757. The summed E-state index contributed by atoms with van der Waals surface area (Å²) in [5.41, 5.74) is 8.31. The van der Waals surface area contributed by atoms with Crippen molar-refractivity contribution in [1.82, 2.24) is 4.57 Å². The molecular formula is C16H16N2O. The van der Waals surface area contributed by atoms with Gasteiger partial charge in [0.25, 0.3) is 5.56 Å². The molecule has 0 unspecified atom stereocenters. The van der Waals surface area contributed by atoms with Crippen molar-refractivity contribution in [2.45, 2.75) is 13.5 Å². The zero-order valence-corrected chi connectivity index (χ0v) is 10.9. The summed E-state index contributed by atoms with van der Waals surface area (Å²) in [6.07, 6.45) is 1.82. The molecule has 96 valence electrons. The number of nitrogens with zero attached hydrogens (tertiary/aromatic N) is 1. The highest BCUT2D eigenvalue weighted by atomic mass is 16.1. The minimum absolute atomic E-state index is 0.0124. The molecule has 2 N–H and O–H groups in total. The fraction of sp³-hybridized carbons (Fsp3) is 0.188. The van der Waals surface area contributed by atoms with E-state index >= 15 is 0 Å². The van der Waals surface area contributed by atoms with Gasteiger partial charge in [-0.1, -0.05) is 24.0 Å². The largest absolute Gasteiger partial charge is 0.320 e. The van der Waals surface area contributed by atoms with Crippen molar-refractivity contribution in [3.8, 4) is 11.8 Å². The van der Waals surface area contributed by atoms with Crippen LogP contribution in [-0.2, 0) is 6.54 Å². The molecule has 1 aromatic carbocycles. The first-order valence-electron chi connectivity index (χ1n) is 6.14. The van der Waals surface area contributed by atoms with Gasteiger partial charge >= 0.3 is 0 Å². The van der Waals surface area contributed by atoms with Gasteiger partial charge in [0.15, 0.2) is 0 Å². The lowest BCUT2D eigenvalue weighted by Crippen LogP contribution is -2.19. The van der Waals surface area contributed by atoms with Crippen molar-refractivity contribution in [2.24, 2.45) is 5.73 Å². The van der Waals surface area contributed by atoms with Crippen molar-refractivity contribution in [3.05, 3.63) is 69.6 Å². The highest BCUT2D eigenvalue weighted by molar-refractivity contribution is 5.37. The molecule has 2 aromatic rings. The molecule has 0 spiro atoms. The topological polar surface area (TPSA) is 48.0 Å². The van der Waals surface area contributed by atoms with E-state index in [2.05, 4.69) is 11.8 Å². The van der Waals surface area contributed by atoms with Crippen LogP contribution in [0.15, 0.2) is 47.4 Å². The summed E-state index contributed by atoms with van der Waals surface area (Å²) < 4.78 is 1.68. The predicted molar refractivity (Wildman–Crippen MR) is 76.9 cm³/mol. The monoisotopic (exact) mass is 252 g/mol. The second-order valence-corrected chi connectivity index (χ2v) is 4.38. The molecule has 0 saturated carbocycles. The van der Waals surface area contributed by atoms with Gasteiger partial charge in [-0.2, -0.15) is 0 Å². The average Bonchev–Trinajstić information content (AvgIpc) is 2.40. The number of nitrogens with two attached hydrogens (primary N) is 1. The Morgan fingerprint density at radius 3 is 2.84 bits per heavy atom. The maximum atomic E-state index is 11.8. The van der Waals surface area contributed by atoms with Crippen LogP contribution in [0.4, 0.5) is 0 Å². The fourth-order valence-electron chi connectivity index (χ4n) is 1.83. The van der Waals surface area contributed by atoms with Crippen LogP contribution in [0.5, 0.6) is 0 Å². The van der Waals surface area contributed by atoms with E-state index in [4.69, 9.17) is 5.73 Å². The number of hydrogen-bond donors (Lipinski definition) is 1. The second-order valence-electron chi connectivity index (χ2n) is 4.38. The minimum Gasteiger partial charge on any atom is -0.320 e. The summed E-state index contributed by atoms with van der Waals surface area (Å²) in [5.74, 6) is 5.82. The molecule has 3 nitrogen and oxygen atoms in total. The Balaban J connectivity index is 2.26. The smallest absolute Gasteiger partial charge is 0.251 e. The zero-order chi connectivity index (χ0) is 13.7. The predicted octanol–water partition coefficient (Wildman–Crippen LogP) is 1.52. The number of aryl methyl sites for hydroxylation is 1. The van der Waals surface area contributed by atoms with Crippen LogP contribution in [0, 0.1) is 18.8 Å². The molecule has 3 heteroatoms. The molecule has 0 bridgehead atoms. The van der Waals surface area contributed by atoms with Crippen molar-refractivity contribution in [3.63, 3.8) is 0 Å². The normalized spacial score (nSPS) is 9.79. The molecule has 0 amide bonds. The van der Waals surface area contributed by atoms with Gasteiger partial charge in [0.05, 0.1) is 13.1 Å². The standard InChI is InChI=1S/C16H16N2O/c1-13-7-9-18(16(19)10-13)12-15-5-2-4-14(11-15)6-3-8-17/h2,4-5,7,9-11H,8,12,17H2,1H3. The van der Waals surface area contributed by atoms with E-state index in [0.717, 1.165) is 16.7 Å². The van der Waals surface area contributed by atoms with Gasteiger partial charge in [0.1, 0.15) is 0 Å². The zero-order valence-electron chi connectivity index (χ0n) is 10.9. The molecule has 1 heterocycles. The number of aromatic nitrogens is 1. The number of hydrogen-bond acceptors (Lipinski definition) is 2. The second kappa shape index (κ2) is 6.03. The van der Waals surface area contributed by atoms with Gasteiger partial charge in [-0.05, 0) is 36.2 Å². The van der Waals surface area contributed by atoms with E-state index in [1.54, 1.807) is 10.6 Å². The summed E-state index contributed by atoms with van der Waals surface area (Å²) in [6.45, 7) is 2.81. The first-order chi connectivity index (χ1) is 9.19. The van der Waals surface area contributed by atoms with Gasteiger partial charge in [0.2, 0.25) is 0 Å². The summed E-state index contributed by atoms with van der Waals surface area (Å²) >= 11 is 0. The Morgan fingerprint density at radius 2 is 2.11 bits per heavy atom. The van der Waals surface area contributed by atoms with Crippen molar-refractivity contribution >= 4 is 0 Å². The fourth-order valence-corrected chi connectivity index (χ4v) is 1.83. The van der Waals surface area contributed by atoms with Gasteiger partial charge in [0, 0.05) is 17.8 Å². The highest BCUT2D eigenvalue weighted by Gasteiger charge is 1.99. The summed E-state index contributed by atoms with van der Waals surface area (Å²) in [7, 11) is 0. The summed E-state index contributed by atoms with van der Waals surface area (Å²) in [4.78, 5) is 11.8. The molecule has 0 radical (unpaired) electrons. The Kier molecular flexibility index (Phi) is 4.17. The third kappa shape index (κ3) is 3.57. The quantitative estimate of drug-likeness (QED) is 0.824. The number of benzene rings is 1. The number of rotatable bonds is 2. The molecule has 0 aliphatic heterocycles. The molecule has 19 heavy (non-hydrogen) atoms. The molecule has 0 saturated heterocycles. The highest BCUT2D eigenvalue weighted by Crippen LogP contribution is 2.05. The SMILES string of the molecule is Cc1ccn(Cc2cccc(C#CCN)c2)c(=O)c1. The molecule has 1 aromatic heterocycles. The van der Waals surface area contributed by atoms with Crippen LogP contribution in [0.25, 0.3) is 0 Å². The third-order valence-electron chi connectivity index (χ3n) is 2.77. The van der Waals surface area contributed by atoms with Crippen LogP contribution < -0.4 is 11.3 Å². The minimum atomic E-state index is 0.0124. The maximum absolute atomic E-state index is 11.8. The average molecular weight is 252 g/mol. The summed E-state index contributed by atoms with van der Waals surface area (Å²) in [6, 6.07) is 11.4. The van der Waals surface area contributed by atoms with Gasteiger partial charge < -0.3 is 10.3 Å². The van der Waals surface area contributed by atoms with Gasteiger partial charge in [-0.15, -0.1) is 0 Å². The van der Waals surface area contributed by atoms with Crippen molar-refractivity contribution < 1.29 is 0 Å². The van der Waals surface area contributed by atoms with E-state index in [1.165, 1.54) is 0 Å². The lowest BCUT2D eigenvalue weighted by Gasteiger charge is -2.06. The van der Waals surface area contributed by atoms with E-state index in [0.29, 0.717) is 13.1 Å². The van der Waals surface area contributed by atoms with Crippen molar-refractivity contribution in [2.75, 3.05) is 6.54 Å². The van der Waals surface area contributed by atoms with E-state index in [9.17, 15) is 4.79 Å². The Morgan fingerprint density at radius 1 is 1.26 bits per heavy atom. The van der Waals surface area contributed by atoms with Crippen LogP contribution >= 0.6 is 0 Å². The Bertz CT molecular complexity index is 690. The van der Waals surface area contributed by atoms with Gasteiger partial charge in [-0.3, -0.25) is 4.79 Å². The van der Waals surface area contributed by atoms with E-state index in [1.807, 2.05) is 43.5 Å². The molecule has 0 atom stereocenters. The van der Waals surface area contributed by atoms with Crippen molar-refractivity contribution in [1.29, 1.82) is 0 Å². The molecule has 0 aliphatic rings. The van der Waals surface area contributed by atoms with E-state index < -0.39 is 0 Å².